The Morgan fingerprint density at radius 1 is 1.33 bits per heavy atom. The first-order valence-corrected chi connectivity index (χ1v) is 6.09. The summed E-state index contributed by atoms with van der Waals surface area (Å²) < 4.78 is 0. The second kappa shape index (κ2) is 5.35. The normalized spacial score (nSPS) is 10.9. The molecular weight excluding hydrogens is 246 g/mol. The molecule has 0 aliphatic rings. The van der Waals surface area contributed by atoms with Gasteiger partial charge in [0, 0.05) is 16.8 Å². The topological polar surface area (TPSA) is 67.2 Å². The Morgan fingerprint density at radius 3 is 2.44 bits per heavy atom. The average molecular weight is 265 g/mol. The Balaban J connectivity index is 2.68. The molecule has 4 N–H and O–H groups in total. The number of anilines is 2. The van der Waals surface area contributed by atoms with Gasteiger partial charge in [0.25, 0.3) is 0 Å². The number of nitrogens with one attached hydrogen (secondary N) is 2. The maximum atomic E-state index is 11.7. The van der Waals surface area contributed by atoms with E-state index in [1.165, 1.54) is 0 Å². The molecule has 0 aliphatic heterocycles. The standard InChI is InChI=1S/C13H19N3OS/c1-8-7-9(14)5-6-10(8)15-12(18)16-11(17)13(2,3)4/h5-7H,14H2,1-4H3,(H2,15,16,17,18). The van der Waals surface area contributed by atoms with Crippen molar-refractivity contribution in [3.63, 3.8) is 0 Å². The second-order valence-corrected chi connectivity index (χ2v) is 5.64. The van der Waals surface area contributed by atoms with E-state index in [1.54, 1.807) is 6.07 Å². The first kappa shape index (κ1) is 14.4. The first-order chi connectivity index (χ1) is 8.20. The molecule has 4 nitrogen and oxygen atoms in total. The molecule has 0 unspecified atom stereocenters. The molecule has 0 fully saturated rings. The maximum absolute atomic E-state index is 11.7. The number of aryl methyl sites for hydroxylation is 1. The molecule has 18 heavy (non-hydrogen) atoms. The zero-order valence-corrected chi connectivity index (χ0v) is 11.9. The van der Waals surface area contributed by atoms with E-state index in [1.807, 2.05) is 39.8 Å². The van der Waals surface area contributed by atoms with Crippen LogP contribution in [-0.2, 0) is 4.79 Å². The van der Waals surface area contributed by atoms with E-state index in [9.17, 15) is 4.79 Å². The molecule has 0 bridgehead atoms. The van der Waals surface area contributed by atoms with Crippen molar-refractivity contribution >= 4 is 34.6 Å². The van der Waals surface area contributed by atoms with Gasteiger partial charge < -0.3 is 16.4 Å². The monoisotopic (exact) mass is 265 g/mol. The minimum atomic E-state index is -0.470. The quantitative estimate of drug-likeness (QED) is 0.539. The van der Waals surface area contributed by atoms with Crippen molar-refractivity contribution in [3.8, 4) is 0 Å². The summed E-state index contributed by atoms with van der Waals surface area (Å²) in [4.78, 5) is 11.7. The largest absolute Gasteiger partial charge is 0.399 e. The van der Waals surface area contributed by atoms with E-state index in [0.717, 1.165) is 11.3 Å². The third-order valence-corrected chi connectivity index (χ3v) is 2.61. The van der Waals surface area contributed by atoms with Crippen LogP contribution >= 0.6 is 12.2 Å². The fourth-order valence-electron chi connectivity index (χ4n) is 1.27. The van der Waals surface area contributed by atoms with Gasteiger partial charge in [-0.25, -0.2) is 0 Å². The fraction of sp³-hybridized carbons (Fsp3) is 0.385. The minimum Gasteiger partial charge on any atom is -0.399 e. The molecule has 0 spiro atoms. The van der Waals surface area contributed by atoms with Crippen LogP contribution in [0.25, 0.3) is 0 Å². The number of benzene rings is 1. The Hall–Kier alpha value is -1.62. The summed E-state index contributed by atoms with van der Waals surface area (Å²) in [6, 6.07) is 5.46. The van der Waals surface area contributed by atoms with E-state index >= 15 is 0 Å². The Morgan fingerprint density at radius 2 is 1.94 bits per heavy atom. The molecule has 1 aromatic rings. The van der Waals surface area contributed by atoms with Gasteiger partial charge in [0.05, 0.1) is 0 Å². The van der Waals surface area contributed by atoms with Gasteiger partial charge in [0.15, 0.2) is 5.11 Å². The van der Waals surface area contributed by atoms with E-state index < -0.39 is 5.41 Å². The molecule has 0 radical (unpaired) electrons. The molecular formula is C13H19N3OS. The minimum absolute atomic E-state index is 0.118. The van der Waals surface area contributed by atoms with Crippen molar-refractivity contribution in [1.29, 1.82) is 0 Å². The lowest BCUT2D eigenvalue weighted by atomic mass is 9.96. The Kier molecular flexibility index (Phi) is 4.29. The van der Waals surface area contributed by atoms with Crippen LogP contribution in [0.3, 0.4) is 0 Å². The predicted molar refractivity (Wildman–Crippen MR) is 79.4 cm³/mol. The highest BCUT2D eigenvalue weighted by molar-refractivity contribution is 7.80. The summed E-state index contributed by atoms with van der Waals surface area (Å²) in [6.07, 6.45) is 0. The average Bonchev–Trinajstić information content (AvgIpc) is 2.20. The number of hydrogen-bond acceptors (Lipinski definition) is 3. The number of nitrogens with two attached hydrogens (primary N) is 1. The van der Waals surface area contributed by atoms with Crippen LogP contribution < -0.4 is 16.4 Å². The Bertz CT molecular complexity index is 478. The van der Waals surface area contributed by atoms with Crippen LogP contribution in [0.4, 0.5) is 11.4 Å². The summed E-state index contributed by atoms with van der Waals surface area (Å²) >= 11 is 5.10. The van der Waals surface area contributed by atoms with E-state index in [-0.39, 0.29) is 5.91 Å². The Labute approximate surface area is 113 Å². The zero-order valence-electron chi connectivity index (χ0n) is 11.1. The summed E-state index contributed by atoms with van der Waals surface area (Å²) in [5.74, 6) is -0.118. The van der Waals surface area contributed by atoms with E-state index in [0.29, 0.717) is 10.8 Å². The molecule has 0 aliphatic carbocycles. The fourth-order valence-corrected chi connectivity index (χ4v) is 1.47. The molecule has 5 heteroatoms. The summed E-state index contributed by atoms with van der Waals surface area (Å²) in [6.45, 7) is 7.42. The van der Waals surface area contributed by atoms with E-state index in [4.69, 9.17) is 18.0 Å². The van der Waals surface area contributed by atoms with E-state index in [2.05, 4.69) is 10.6 Å². The van der Waals surface area contributed by atoms with Crippen molar-refractivity contribution < 1.29 is 4.79 Å². The van der Waals surface area contributed by atoms with Crippen molar-refractivity contribution in [2.75, 3.05) is 11.1 Å². The lowest BCUT2D eigenvalue weighted by molar-refractivity contribution is -0.126. The molecule has 0 aromatic heterocycles. The number of thiocarbonyl (C=S) groups is 1. The van der Waals surface area contributed by atoms with Gasteiger partial charge in [-0.15, -0.1) is 0 Å². The SMILES string of the molecule is Cc1cc(N)ccc1NC(=S)NC(=O)C(C)(C)C. The molecule has 1 amide bonds. The highest BCUT2D eigenvalue weighted by Crippen LogP contribution is 2.18. The number of amides is 1. The van der Waals surface area contributed by atoms with Crippen molar-refractivity contribution in [3.05, 3.63) is 23.8 Å². The predicted octanol–water partition coefficient (Wildman–Crippen LogP) is 2.44. The van der Waals surface area contributed by atoms with Crippen LogP contribution in [0, 0.1) is 12.3 Å². The lowest BCUT2D eigenvalue weighted by Gasteiger charge is -2.19. The molecule has 0 saturated carbocycles. The van der Waals surface area contributed by atoms with Crippen LogP contribution in [0.5, 0.6) is 0 Å². The van der Waals surface area contributed by atoms with Gasteiger partial charge in [-0.3, -0.25) is 4.79 Å². The van der Waals surface area contributed by atoms with Crippen molar-refractivity contribution in [2.24, 2.45) is 5.41 Å². The van der Waals surface area contributed by atoms with Crippen LogP contribution in [0.1, 0.15) is 26.3 Å². The summed E-state index contributed by atoms with van der Waals surface area (Å²) in [7, 11) is 0. The van der Waals surface area contributed by atoms with Crippen LogP contribution in [-0.4, -0.2) is 11.0 Å². The van der Waals surface area contributed by atoms with Crippen molar-refractivity contribution in [2.45, 2.75) is 27.7 Å². The van der Waals surface area contributed by atoms with Gasteiger partial charge in [-0.1, -0.05) is 20.8 Å². The summed E-state index contributed by atoms with van der Waals surface area (Å²) in [5.41, 5.74) is 7.70. The van der Waals surface area contributed by atoms with Gasteiger partial charge in [0.2, 0.25) is 5.91 Å². The third-order valence-electron chi connectivity index (χ3n) is 2.41. The van der Waals surface area contributed by atoms with Gasteiger partial charge >= 0.3 is 0 Å². The molecule has 0 saturated heterocycles. The molecule has 1 aromatic carbocycles. The number of carbonyl (C=O) groups excluding carboxylic acids is 1. The van der Waals surface area contributed by atoms with Crippen molar-refractivity contribution in [1.82, 2.24) is 5.32 Å². The number of carbonyl (C=O) groups is 1. The second-order valence-electron chi connectivity index (χ2n) is 5.23. The van der Waals surface area contributed by atoms with Gasteiger partial charge in [0.1, 0.15) is 0 Å². The van der Waals surface area contributed by atoms with Crippen LogP contribution in [0.15, 0.2) is 18.2 Å². The number of hydrogen-bond donors (Lipinski definition) is 3. The number of nitrogen functional groups attached to an aromatic ring is 1. The molecule has 1 rings (SSSR count). The highest BCUT2D eigenvalue weighted by atomic mass is 32.1. The molecule has 0 heterocycles. The summed E-state index contributed by atoms with van der Waals surface area (Å²) in [5, 5.41) is 5.94. The highest BCUT2D eigenvalue weighted by Gasteiger charge is 2.21. The van der Waals surface area contributed by atoms with Crippen LogP contribution in [0.2, 0.25) is 0 Å². The third kappa shape index (κ3) is 4.00. The smallest absolute Gasteiger partial charge is 0.231 e. The molecule has 0 atom stereocenters. The zero-order chi connectivity index (χ0) is 13.9. The lowest BCUT2D eigenvalue weighted by Crippen LogP contribution is -2.41. The molecule has 98 valence electrons. The number of rotatable bonds is 1. The first-order valence-electron chi connectivity index (χ1n) is 5.68. The van der Waals surface area contributed by atoms with Gasteiger partial charge in [-0.05, 0) is 42.9 Å². The maximum Gasteiger partial charge on any atom is 0.231 e. The van der Waals surface area contributed by atoms with Gasteiger partial charge in [-0.2, -0.15) is 0 Å².